The van der Waals surface area contributed by atoms with Gasteiger partial charge in [-0.2, -0.15) is 5.10 Å². The zero-order chi connectivity index (χ0) is 25.4. The van der Waals surface area contributed by atoms with Gasteiger partial charge in [0.25, 0.3) is 0 Å². The van der Waals surface area contributed by atoms with E-state index < -0.39 is 5.91 Å². The number of nitrogens with zero attached hydrogens (tertiary/aromatic N) is 3. The van der Waals surface area contributed by atoms with Crippen molar-refractivity contribution in [1.29, 1.82) is 0 Å². The fraction of sp³-hybridized carbons (Fsp3) is 0.292. The number of carbonyl (C=O) groups is 3. The van der Waals surface area contributed by atoms with Crippen LogP contribution in [0.2, 0.25) is 0 Å². The molecule has 2 aromatic carbocycles. The SMILES string of the molecule is CCN(CCC(=O)Nc1ccc(C(N)=O)cc1)C(=O)CCn1c(-c2ccc(OC)cc2)n[nH]c1=S. The lowest BCUT2D eigenvalue weighted by Crippen LogP contribution is -2.34. The maximum Gasteiger partial charge on any atom is 0.248 e. The smallest absolute Gasteiger partial charge is 0.248 e. The van der Waals surface area contributed by atoms with Gasteiger partial charge in [0.2, 0.25) is 17.7 Å². The van der Waals surface area contributed by atoms with E-state index in [-0.39, 0.29) is 31.2 Å². The summed E-state index contributed by atoms with van der Waals surface area (Å²) in [6, 6.07) is 13.7. The monoisotopic (exact) mass is 496 g/mol. The number of nitrogens with two attached hydrogens (primary N) is 1. The van der Waals surface area contributed by atoms with Crippen molar-refractivity contribution < 1.29 is 19.1 Å². The summed E-state index contributed by atoms with van der Waals surface area (Å²) in [5.74, 6) is 0.509. The second-order valence-electron chi connectivity index (χ2n) is 7.70. The van der Waals surface area contributed by atoms with Crippen LogP contribution in [0.3, 0.4) is 0 Å². The predicted molar refractivity (Wildman–Crippen MR) is 134 cm³/mol. The summed E-state index contributed by atoms with van der Waals surface area (Å²) < 4.78 is 7.40. The molecule has 3 rings (SSSR count). The van der Waals surface area contributed by atoms with Gasteiger partial charge >= 0.3 is 0 Å². The number of aromatic amines is 1. The first kappa shape index (κ1) is 25.6. The van der Waals surface area contributed by atoms with Gasteiger partial charge in [-0.15, -0.1) is 0 Å². The average molecular weight is 497 g/mol. The second-order valence-corrected chi connectivity index (χ2v) is 8.08. The minimum Gasteiger partial charge on any atom is -0.497 e. The molecule has 35 heavy (non-hydrogen) atoms. The molecular formula is C24H28N6O4S. The fourth-order valence-electron chi connectivity index (χ4n) is 3.49. The predicted octanol–water partition coefficient (Wildman–Crippen LogP) is 2.98. The molecule has 10 nitrogen and oxygen atoms in total. The number of aromatic nitrogens is 3. The topological polar surface area (TPSA) is 135 Å². The van der Waals surface area contributed by atoms with Crippen LogP contribution < -0.4 is 15.8 Å². The lowest BCUT2D eigenvalue weighted by Gasteiger charge is -2.21. The third kappa shape index (κ3) is 6.76. The van der Waals surface area contributed by atoms with E-state index in [9.17, 15) is 14.4 Å². The standard InChI is InChI=1S/C24H28N6O4S/c1-3-29(14-12-20(31)26-18-8-4-16(5-9-18)22(25)33)21(32)13-15-30-23(27-28-24(30)35)17-6-10-19(34-2)11-7-17/h4-11H,3,12-15H2,1-2H3,(H2,25,33)(H,26,31)(H,28,35). The summed E-state index contributed by atoms with van der Waals surface area (Å²) in [5, 5.41) is 9.84. The molecule has 11 heteroatoms. The number of hydrogen-bond acceptors (Lipinski definition) is 6. The normalized spacial score (nSPS) is 10.6. The van der Waals surface area contributed by atoms with Gasteiger partial charge in [0, 0.05) is 49.3 Å². The van der Waals surface area contributed by atoms with Crippen molar-refractivity contribution in [1.82, 2.24) is 19.7 Å². The number of benzene rings is 2. The van der Waals surface area contributed by atoms with Crippen LogP contribution in [0, 0.1) is 4.77 Å². The van der Waals surface area contributed by atoms with Crippen molar-refractivity contribution in [3.63, 3.8) is 0 Å². The molecule has 3 amide bonds. The molecule has 0 aliphatic rings. The van der Waals surface area contributed by atoms with Gasteiger partial charge in [-0.1, -0.05) is 0 Å². The molecule has 1 aromatic heterocycles. The molecule has 0 saturated heterocycles. The zero-order valence-electron chi connectivity index (χ0n) is 19.6. The van der Waals surface area contributed by atoms with Crippen LogP contribution in [-0.2, 0) is 16.1 Å². The molecule has 0 radical (unpaired) electrons. The largest absolute Gasteiger partial charge is 0.497 e. The molecule has 3 aromatic rings. The molecule has 0 aliphatic carbocycles. The van der Waals surface area contributed by atoms with Gasteiger partial charge in [-0.25, -0.2) is 0 Å². The van der Waals surface area contributed by atoms with Crippen molar-refractivity contribution >= 4 is 35.6 Å². The third-order valence-corrected chi connectivity index (χ3v) is 5.76. The van der Waals surface area contributed by atoms with Crippen molar-refractivity contribution in [3.05, 3.63) is 58.9 Å². The first-order chi connectivity index (χ1) is 16.8. The Morgan fingerprint density at radius 1 is 1.11 bits per heavy atom. The number of carbonyl (C=O) groups excluding carboxylic acids is 3. The van der Waals surface area contributed by atoms with E-state index in [2.05, 4.69) is 15.5 Å². The van der Waals surface area contributed by atoms with Gasteiger partial charge in [0.1, 0.15) is 5.75 Å². The van der Waals surface area contributed by atoms with Crippen LogP contribution in [0.25, 0.3) is 11.4 Å². The number of H-pyrrole nitrogens is 1. The van der Waals surface area contributed by atoms with Crippen LogP contribution in [0.5, 0.6) is 5.75 Å². The molecule has 1 heterocycles. The van der Waals surface area contributed by atoms with Crippen molar-refractivity contribution in [3.8, 4) is 17.1 Å². The van der Waals surface area contributed by atoms with Crippen LogP contribution in [-0.4, -0.2) is 57.6 Å². The summed E-state index contributed by atoms with van der Waals surface area (Å²) in [6.07, 6.45) is 0.348. The Labute approximate surface area is 208 Å². The molecule has 0 fully saturated rings. The quantitative estimate of drug-likeness (QED) is 0.349. The Bertz CT molecular complexity index is 1230. The summed E-state index contributed by atoms with van der Waals surface area (Å²) in [5.41, 5.74) is 6.98. The number of ether oxygens (including phenoxy) is 1. The van der Waals surface area contributed by atoms with Gasteiger partial charge in [-0.05, 0) is 67.7 Å². The Morgan fingerprint density at radius 2 is 1.80 bits per heavy atom. The number of hydrogen-bond donors (Lipinski definition) is 3. The van der Waals surface area contributed by atoms with Crippen LogP contribution in [0.1, 0.15) is 30.1 Å². The maximum atomic E-state index is 12.8. The Kier molecular flexibility index (Phi) is 8.74. The van der Waals surface area contributed by atoms with E-state index in [1.807, 2.05) is 31.2 Å². The highest BCUT2D eigenvalue weighted by molar-refractivity contribution is 7.71. The van der Waals surface area contributed by atoms with E-state index in [1.54, 1.807) is 40.8 Å². The molecule has 4 N–H and O–H groups in total. The number of rotatable bonds is 11. The number of methoxy groups -OCH3 is 1. The lowest BCUT2D eigenvalue weighted by atomic mass is 10.2. The Hall–Kier alpha value is -3.99. The number of primary amides is 1. The summed E-state index contributed by atoms with van der Waals surface area (Å²) in [4.78, 5) is 38.0. The fourth-order valence-corrected chi connectivity index (χ4v) is 3.71. The van der Waals surface area contributed by atoms with E-state index in [0.29, 0.717) is 34.9 Å². The number of nitrogens with one attached hydrogen (secondary N) is 2. The zero-order valence-corrected chi connectivity index (χ0v) is 20.4. The molecular weight excluding hydrogens is 468 g/mol. The maximum absolute atomic E-state index is 12.8. The highest BCUT2D eigenvalue weighted by Crippen LogP contribution is 2.21. The van der Waals surface area contributed by atoms with Gasteiger partial charge in [0.05, 0.1) is 7.11 Å². The summed E-state index contributed by atoms with van der Waals surface area (Å²) in [7, 11) is 1.60. The van der Waals surface area contributed by atoms with E-state index in [4.69, 9.17) is 22.7 Å². The number of anilines is 1. The molecule has 0 bridgehead atoms. The summed E-state index contributed by atoms with van der Waals surface area (Å²) in [6.45, 7) is 2.97. The van der Waals surface area contributed by atoms with E-state index in [1.165, 1.54) is 0 Å². The summed E-state index contributed by atoms with van der Waals surface area (Å²) >= 11 is 5.35. The molecule has 0 aliphatic heterocycles. The van der Waals surface area contributed by atoms with Crippen LogP contribution in [0.4, 0.5) is 5.69 Å². The van der Waals surface area contributed by atoms with E-state index in [0.717, 1.165) is 11.3 Å². The van der Waals surface area contributed by atoms with Crippen LogP contribution in [0.15, 0.2) is 48.5 Å². The molecule has 184 valence electrons. The van der Waals surface area contributed by atoms with Crippen LogP contribution >= 0.6 is 12.2 Å². The molecule has 0 spiro atoms. The van der Waals surface area contributed by atoms with Gasteiger partial charge in [-0.3, -0.25) is 24.0 Å². The van der Waals surface area contributed by atoms with Gasteiger partial charge in [0.15, 0.2) is 10.6 Å². The molecule has 0 unspecified atom stereocenters. The number of amides is 3. The molecule has 0 saturated carbocycles. The average Bonchev–Trinajstić information content (AvgIpc) is 3.23. The van der Waals surface area contributed by atoms with Crippen molar-refractivity contribution in [2.24, 2.45) is 5.73 Å². The minimum atomic E-state index is -0.534. The van der Waals surface area contributed by atoms with E-state index >= 15 is 0 Å². The lowest BCUT2D eigenvalue weighted by molar-refractivity contribution is -0.131. The Balaban J connectivity index is 1.55. The molecule has 0 atom stereocenters. The van der Waals surface area contributed by atoms with Gasteiger partial charge < -0.3 is 20.7 Å². The highest BCUT2D eigenvalue weighted by Gasteiger charge is 2.16. The first-order valence-corrected chi connectivity index (χ1v) is 11.5. The third-order valence-electron chi connectivity index (χ3n) is 5.45. The first-order valence-electron chi connectivity index (χ1n) is 11.1. The second kappa shape index (κ2) is 11.9. The van der Waals surface area contributed by atoms with Crippen molar-refractivity contribution in [2.45, 2.75) is 26.3 Å². The minimum absolute atomic E-state index is 0.0881. The Morgan fingerprint density at radius 3 is 2.40 bits per heavy atom. The highest BCUT2D eigenvalue weighted by atomic mass is 32.1. The van der Waals surface area contributed by atoms with Crippen molar-refractivity contribution in [2.75, 3.05) is 25.5 Å².